The summed E-state index contributed by atoms with van der Waals surface area (Å²) >= 11 is 5.82. The van der Waals surface area contributed by atoms with Crippen molar-refractivity contribution in [2.24, 2.45) is 0 Å². The molecule has 0 amide bonds. The van der Waals surface area contributed by atoms with E-state index in [0.29, 0.717) is 5.56 Å². The van der Waals surface area contributed by atoms with E-state index < -0.39 is 5.82 Å². The fourth-order valence-electron chi connectivity index (χ4n) is 1.95. The molecule has 0 bridgehead atoms. The minimum atomic E-state index is -0.574. The number of halogens is 2. The second kappa shape index (κ2) is 5.98. The molecule has 2 rings (SSSR count). The molecule has 1 nitrogen and oxygen atoms in total. The van der Waals surface area contributed by atoms with Gasteiger partial charge in [-0.1, -0.05) is 55.3 Å². The smallest absolute Gasteiger partial charge is 0.194 e. The van der Waals surface area contributed by atoms with E-state index in [1.165, 1.54) is 23.8 Å². The van der Waals surface area contributed by atoms with Crippen LogP contribution in [-0.4, -0.2) is 5.78 Å². The number of hydrogen-bond donors (Lipinski definition) is 0. The SMILES string of the molecule is CCCc1ccc(C(=O)c2cccc(F)c2Cl)cc1. The Hall–Kier alpha value is -1.67. The number of ketones is 1. The molecule has 19 heavy (non-hydrogen) atoms. The van der Waals surface area contributed by atoms with Crippen LogP contribution in [0.15, 0.2) is 42.5 Å². The fourth-order valence-corrected chi connectivity index (χ4v) is 2.16. The highest BCUT2D eigenvalue weighted by atomic mass is 35.5. The maximum Gasteiger partial charge on any atom is 0.194 e. The van der Waals surface area contributed by atoms with E-state index in [1.54, 1.807) is 12.1 Å². The van der Waals surface area contributed by atoms with E-state index in [9.17, 15) is 9.18 Å². The van der Waals surface area contributed by atoms with E-state index in [-0.39, 0.29) is 16.4 Å². The third kappa shape index (κ3) is 3.02. The molecule has 0 radical (unpaired) electrons. The summed E-state index contributed by atoms with van der Waals surface area (Å²) in [7, 11) is 0. The van der Waals surface area contributed by atoms with Crippen LogP contribution in [0.25, 0.3) is 0 Å². The predicted molar refractivity (Wildman–Crippen MR) is 75.3 cm³/mol. The number of rotatable bonds is 4. The zero-order valence-corrected chi connectivity index (χ0v) is 11.4. The minimum Gasteiger partial charge on any atom is -0.289 e. The standard InChI is InChI=1S/C16H14ClFO/c1-2-4-11-7-9-12(10-8-11)16(19)13-5-3-6-14(18)15(13)17/h3,5-10H,2,4H2,1H3. The molecule has 0 aliphatic rings. The summed E-state index contributed by atoms with van der Waals surface area (Å²) in [6, 6.07) is 11.6. The third-order valence-electron chi connectivity index (χ3n) is 2.95. The largest absolute Gasteiger partial charge is 0.289 e. The lowest BCUT2D eigenvalue weighted by atomic mass is 10.0. The molecule has 0 aromatic heterocycles. The normalized spacial score (nSPS) is 10.5. The van der Waals surface area contributed by atoms with Gasteiger partial charge in [0.2, 0.25) is 0 Å². The summed E-state index contributed by atoms with van der Waals surface area (Å²) in [4.78, 5) is 12.2. The van der Waals surface area contributed by atoms with Crippen LogP contribution in [0, 0.1) is 5.82 Å². The van der Waals surface area contributed by atoms with E-state index in [0.717, 1.165) is 12.8 Å². The Labute approximate surface area is 117 Å². The molecule has 2 aromatic rings. The van der Waals surface area contributed by atoms with Crippen LogP contribution in [0.3, 0.4) is 0 Å². The number of aryl methyl sites for hydroxylation is 1. The highest BCUT2D eigenvalue weighted by Crippen LogP contribution is 2.22. The summed E-state index contributed by atoms with van der Waals surface area (Å²) in [5.74, 6) is -0.831. The molecule has 0 atom stereocenters. The topological polar surface area (TPSA) is 17.1 Å². The van der Waals surface area contributed by atoms with Gasteiger partial charge in [-0.15, -0.1) is 0 Å². The van der Waals surface area contributed by atoms with Crippen molar-refractivity contribution in [2.75, 3.05) is 0 Å². The summed E-state index contributed by atoms with van der Waals surface area (Å²) < 4.78 is 13.3. The van der Waals surface area contributed by atoms with E-state index in [4.69, 9.17) is 11.6 Å². The Morgan fingerprint density at radius 3 is 2.47 bits per heavy atom. The number of benzene rings is 2. The lowest BCUT2D eigenvalue weighted by Gasteiger charge is -2.05. The van der Waals surface area contributed by atoms with Crippen LogP contribution in [0.5, 0.6) is 0 Å². The molecule has 0 aliphatic carbocycles. The van der Waals surface area contributed by atoms with Gasteiger partial charge >= 0.3 is 0 Å². The summed E-state index contributed by atoms with van der Waals surface area (Å²) in [6.45, 7) is 2.10. The van der Waals surface area contributed by atoms with E-state index in [1.807, 2.05) is 12.1 Å². The van der Waals surface area contributed by atoms with Crippen molar-refractivity contribution in [2.45, 2.75) is 19.8 Å². The average molecular weight is 277 g/mol. The van der Waals surface area contributed by atoms with Crippen molar-refractivity contribution < 1.29 is 9.18 Å². The highest BCUT2D eigenvalue weighted by Gasteiger charge is 2.15. The Morgan fingerprint density at radius 2 is 1.84 bits per heavy atom. The van der Waals surface area contributed by atoms with Gasteiger partial charge in [-0.05, 0) is 24.1 Å². The van der Waals surface area contributed by atoms with Crippen molar-refractivity contribution in [1.82, 2.24) is 0 Å². The van der Waals surface area contributed by atoms with Gasteiger partial charge in [-0.25, -0.2) is 4.39 Å². The second-order valence-corrected chi connectivity index (χ2v) is 4.76. The van der Waals surface area contributed by atoms with Gasteiger partial charge in [-0.3, -0.25) is 4.79 Å². The van der Waals surface area contributed by atoms with Gasteiger partial charge in [0.05, 0.1) is 5.02 Å². The first-order valence-corrected chi connectivity index (χ1v) is 6.59. The summed E-state index contributed by atoms with van der Waals surface area (Å²) in [5.41, 5.74) is 1.90. The van der Waals surface area contributed by atoms with Gasteiger partial charge in [-0.2, -0.15) is 0 Å². The average Bonchev–Trinajstić information content (AvgIpc) is 2.42. The third-order valence-corrected chi connectivity index (χ3v) is 3.34. The highest BCUT2D eigenvalue weighted by molar-refractivity contribution is 6.35. The lowest BCUT2D eigenvalue weighted by molar-refractivity contribution is 0.103. The van der Waals surface area contributed by atoms with Gasteiger partial charge in [0, 0.05) is 11.1 Å². The predicted octanol–water partition coefficient (Wildman–Crippen LogP) is 4.66. The first-order valence-electron chi connectivity index (χ1n) is 6.21. The fraction of sp³-hybridized carbons (Fsp3) is 0.188. The van der Waals surface area contributed by atoms with Crippen molar-refractivity contribution in [1.29, 1.82) is 0 Å². The Balaban J connectivity index is 2.31. The molecule has 0 aliphatic heterocycles. The van der Waals surface area contributed by atoms with Gasteiger partial charge in [0.1, 0.15) is 5.82 Å². The molecule has 0 saturated heterocycles. The molecule has 0 fully saturated rings. The quantitative estimate of drug-likeness (QED) is 0.742. The monoisotopic (exact) mass is 276 g/mol. The zero-order chi connectivity index (χ0) is 13.8. The first-order chi connectivity index (χ1) is 9.13. The van der Waals surface area contributed by atoms with Crippen LogP contribution >= 0.6 is 11.6 Å². The molecule has 98 valence electrons. The van der Waals surface area contributed by atoms with E-state index >= 15 is 0 Å². The summed E-state index contributed by atoms with van der Waals surface area (Å²) in [5, 5.41) is -0.120. The van der Waals surface area contributed by atoms with Crippen molar-refractivity contribution in [3.63, 3.8) is 0 Å². The van der Waals surface area contributed by atoms with Crippen LogP contribution in [0.4, 0.5) is 4.39 Å². The van der Waals surface area contributed by atoms with Crippen LogP contribution < -0.4 is 0 Å². The zero-order valence-electron chi connectivity index (χ0n) is 10.6. The lowest BCUT2D eigenvalue weighted by Crippen LogP contribution is -2.03. The number of carbonyl (C=O) groups excluding carboxylic acids is 1. The van der Waals surface area contributed by atoms with Crippen molar-refractivity contribution in [3.05, 3.63) is 70.0 Å². The van der Waals surface area contributed by atoms with Gasteiger partial charge in [0.25, 0.3) is 0 Å². The van der Waals surface area contributed by atoms with Crippen LogP contribution in [0.1, 0.15) is 34.8 Å². The maximum atomic E-state index is 13.3. The number of hydrogen-bond acceptors (Lipinski definition) is 1. The Kier molecular flexibility index (Phi) is 4.33. The minimum absolute atomic E-state index is 0.120. The molecule has 0 heterocycles. The maximum absolute atomic E-state index is 13.3. The molecular weight excluding hydrogens is 263 g/mol. The molecular formula is C16H14ClFO. The van der Waals surface area contributed by atoms with Crippen molar-refractivity contribution >= 4 is 17.4 Å². The molecule has 0 unspecified atom stereocenters. The molecule has 0 spiro atoms. The van der Waals surface area contributed by atoms with Crippen LogP contribution in [-0.2, 0) is 6.42 Å². The molecule has 3 heteroatoms. The molecule has 0 saturated carbocycles. The molecule has 0 N–H and O–H groups in total. The van der Waals surface area contributed by atoms with Crippen LogP contribution in [0.2, 0.25) is 5.02 Å². The summed E-state index contributed by atoms with van der Waals surface area (Å²) in [6.07, 6.45) is 2.04. The first kappa shape index (κ1) is 13.8. The Morgan fingerprint density at radius 1 is 1.16 bits per heavy atom. The van der Waals surface area contributed by atoms with E-state index in [2.05, 4.69) is 6.92 Å². The number of carbonyl (C=O) groups is 1. The van der Waals surface area contributed by atoms with Crippen molar-refractivity contribution in [3.8, 4) is 0 Å². The Bertz CT molecular complexity index is 590. The van der Waals surface area contributed by atoms with Gasteiger partial charge < -0.3 is 0 Å². The molecule has 2 aromatic carbocycles. The second-order valence-electron chi connectivity index (χ2n) is 4.38. The van der Waals surface area contributed by atoms with Gasteiger partial charge in [0.15, 0.2) is 5.78 Å².